The van der Waals surface area contributed by atoms with Crippen molar-refractivity contribution in [2.24, 2.45) is 0 Å². The largest absolute Gasteiger partial charge is 0.507 e. The summed E-state index contributed by atoms with van der Waals surface area (Å²) in [5.41, 5.74) is 2.25. The normalized spacial score (nSPS) is 11.2. The molecular weight excluding hydrogens is 200 g/mol. The van der Waals surface area contributed by atoms with Crippen molar-refractivity contribution in [3.8, 4) is 5.75 Å². The molecule has 0 unspecified atom stereocenters. The van der Waals surface area contributed by atoms with Crippen molar-refractivity contribution in [2.45, 2.75) is 46.5 Å². The standard InChI is InChI=1S/C14H20O2/c1-8(2)11-6-7-12(9(3)4)14(16)13(11)10(5)15/h6-9,16H,1-5H3. The topological polar surface area (TPSA) is 37.3 Å². The van der Waals surface area contributed by atoms with E-state index < -0.39 is 0 Å². The molecule has 16 heavy (non-hydrogen) atoms. The van der Waals surface area contributed by atoms with Crippen LogP contribution in [0.25, 0.3) is 0 Å². The number of hydrogen-bond acceptors (Lipinski definition) is 2. The molecule has 0 saturated carbocycles. The average molecular weight is 220 g/mol. The molecule has 1 aromatic rings. The van der Waals surface area contributed by atoms with Crippen LogP contribution in [0.1, 0.15) is 67.9 Å². The lowest BCUT2D eigenvalue weighted by molar-refractivity contribution is 0.101. The minimum Gasteiger partial charge on any atom is -0.507 e. The maximum Gasteiger partial charge on any atom is 0.163 e. The highest BCUT2D eigenvalue weighted by molar-refractivity contribution is 5.98. The van der Waals surface area contributed by atoms with Crippen LogP contribution in [0, 0.1) is 0 Å². The molecule has 2 nitrogen and oxygen atoms in total. The molecule has 0 aromatic heterocycles. The van der Waals surface area contributed by atoms with Gasteiger partial charge in [-0.25, -0.2) is 0 Å². The van der Waals surface area contributed by atoms with Crippen LogP contribution in [-0.4, -0.2) is 10.9 Å². The van der Waals surface area contributed by atoms with Gasteiger partial charge in [0.15, 0.2) is 5.78 Å². The Labute approximate surface area is 97.3 Å². The van der Waals surface area contributed by atoms with Crippen molar-refractivity contribution >= 4 is 5.78 Å². The summed E-state index contributed by atoms with van der Waals surface area (Å²) in [7, 11) is 0. The third-order valence-corrected chi connectivity index (χ3v) is 2.84. The maximum atomic E-state index is 11.6. The highest BCUT2D eigenvalue weighted by atomic mass is 16.3. The van der Waals surface area contributed by atoms with Gasteiger partial charge in [0.2, 0.25) is 0 Å². The zero-order valence-electron chi connectivity index (χ0n) is 10.7. The zero-order valence-corrected chi connectivity index (χ0v) is 10.7. The fourth-order valence-electron chi connectivity index (χ4n) is 1.94. The van der Waals surface area contributed by atoms with Crippen molar-refractivity contribution in [1.29, 1.82) is 0 Å². The van der Waals surface area contributed by atoms with Crippen molar-refractivity contribution in [2.75, 3.05) is 0 Å². The van der Waals surface area contributed by atoms with E-state index in [0.29, 0.717) is 5.56 Å². The predicted molar refractivity (Wildman–Crippen MR) is 66.3 cm³/mol. The summed E-state index contributed by atoms with van der Waals surface area (Å²) < 4.78 is 0. The van der Waals surface area contributed by atoms with Gasteiger partial charge >= 0.3 is 0 Å². The van der Waals surface area contributed by atoms with E-state index in [1.54, 1.807) is 0 Å². The number of benzene rings is 1. The molecule has 0 aliphatic carbocycles. The molecule has 0 aliphatic rings. The number of phenols is 1. The lowest BCUT2D eigenvalue weighted by atomic mass is 9.89. The highest BCUT2D eigenvalue weighted by Crippen LogP contribution is 2.34. The van der Waals surface area contributed by atoms with Gasteiger partial charge in [-0.15, -0.1) is 0 Å². The van der Waals surface area contributed by atoms with E-state index in [2.05, 4.69) is 0 Å². The Hall–Kier alpha value is -1.31. The first-order valence-corrected chi connectivity index (χ1v) is 5.73. The predicted octanol–water partition coefficient (Wildman–Crippen LogP) is 3.84. The van der Waals surface area contributed by atoms with Gasteiger partial charge < -0.3 is 5.11 Å². The highest BCUT2D eigenvalue weighted by Gasteiger charge is 2.19. The van der Waals surface area contributed by atoms with Crippen molar-refractivity contribution in [3.05, 3.63) is 28.8 Å². The Morgan fingerprint density at radius 2 is 1.50 bits per heavy atom. The first-order valence-electron chi connectivity index (χ1n) is 5.73. The number of phenolic OH excluding ortho intramolecular Hbond substituents is 1. The van der Waals surface area contributed by atoms with Gasteiger partial charge in [0.1, 0.15) is 5.75 Å². The van der Waals surface area contributed by atoms with Gasteiger partial charge in [0.05, 0.1) is 5.56 Å². The summed E-state index contributed by atoms with van der Waals surface area (Å²) in [5, 5.41) is 10.1. The molecule has 0 fully saturated rings. The molecule has 1 N–H and O–H groups in total. The Balaban J connectivity index is 3.48. The lowest BCUT2D eigenvalue weighted by Gasteiger charge is -2.17. The molecular formula is C14H20O2. The van der Waals surface area contributed by atoms with Crippen molar-refractivity contribution in [3.63, 3.8) is 0 Å². The second-order valence-corrected chi connectivity index (χ2v) is 4.83. The van der Waals surface area contributed by atoms with Crippen molar-refractivity contribution in [1.82, 2.24) is 0 Å². The zero-order chi connectivity index (χ0) is 12.5. The Morgan fingerprint density at radius 1 is 1.06 bits per heavy atom. The smallest absolute Gasteiger partial charge is 0.163 e. The molecule has 0 amide bonds. The van der Waals surface area contributed by atoms with Crippen LogP contribution in [-0.2, 0) is 0 Å². The summed E-state index contributed by atoms with van der Waals surface area (Å²) >= 11 is 0. The van der Waals surface area contributed by atoms with Gasteiger partial charge in [0.25, 0.3) is 0 Å². The third kappa shape index (κ3) is 2.26. The molecule has 0 heterocycles. The van der Waals surface area contributed by atoms with Gasteiger partial charge in [0, 0.05) is 0 Å². The van der Waals surface area contributed by atoms with Crippen LogP contribution >= 0.6 is 0 Å². The molecule has 1 rings (SSSR count). The molecule has 0 spiro atoms. The number of ketones is 1. The molecule has 2 heteroatoms. The number of carbonyl (C=O) groups is 1. The summed E-state index contributed by atoms with van der Waals surface area (Å²) in [6.45, 7) is 9.57. The first-order chi connectivity index (χ1) is 7.36. The van der Waals surface area contributed by atoms with Gasteiger partial charge in [-0.2, -0.15) is 0 Å². The van der Waals surface area contributed by atoms with Gasteiger partial charge in [-0.3, -0.25) is 4.79 Å². The van der Waals surface area contributed by atoms with Crippen LogP contribution < -0.4 is 0 Å². The Kier molecular flexibility index (Phi) is 3.74. The number of rotatable bonds is 3. The van der Waals surface area contributed by atoms with Crippen LogP contribution in [0.15, 0.2) is 12.1 Å². The minimum absolute atomic E-state index is 0.0660. The molecule has 0 atom stereocenters. The van der Waals surface area contributed by atoms with Crippen molar-refractivity contribution < 1.29 is 9.90 Å². The summed E-state index contributed by atoms with van der Waals surface area (Å²) in [5.74, 6) is 0.558. The first kappa shape index (κ1) is 12.8. The van der Waals surface area contributed by atoms with Crippen LogP contribution in [0.4, 0.5) is 0 Å². The van der Waals surface area contributed by atoms with E-state index in [1.807, 2.05) is 39.8 Å². The fraction of sp³-hybridized carbons (Fsp3) is 0.500. The Bertz CT molecular complexity index is 403. The fourth-order valence-corrected chi connectivity index (χ4v) is 1.94. The average Bonchev–Trinajstić information content (AvgIpc) is 2.15. The molecule has 0 radical (unpaired) electrons. The molecule has 0 saturated heterocycles. The van der Waals surface area contributed by atoms with Gasteiger partial charge in [-0.05, 0) is 29.9 Å². The quantitative estimate of drug-likeness (QED) is 0.786. The number of aromatic hydroxyl groups is 1. The number of hydrogen-bond donors (Lipinski definition) is 1. The summed E-state index contributed by atoms with van der Waals surface area (Å²) in [6.07, 6.45) is 0. The molecule has 1 aromatic carbocycles. The summed E-state index contributed by atoms with van der Waals surface area (Å²) in [4.78, 5) is 11.6. The van der Waals surface area contributed by atoms with E-state index in [0.717, 1.165) is 11.1 Å². The minimum atomic E-state index is -0.0660. The van der Waals surface area contributed by atoms with E-state index >= 15 is 0 Å². The van der Waals surface area contributed by atoms with E-state index in [1.165, 1.54) is 6.92 Å². The lowest BCUT2D eigenvalue weighted by Crippen LogP contribution is -2.04. The molecule has 0 aliphatic heterocycles. The van der Waals surface area contributed by atoms with E-state index in [-0.39, 0.29) is 23.4 Å². The molecule has 88 valence electrons. The van der Waals surface area contributed by atoms with E-state index in [4.69, 9.17) is 0 Å². The van der Waals surface area contributed by atoms with E-state index in [9.17, 15) is 9.90 Å². The maximum absolute atomic E-state index is 11.6. The third-order valence-electron chi connectivity index (χ3n) is 2.84. The van der Waals surface area contributed by atoms with Crippen LogP contribution in [0.5, 0.6) is 5.75 Å². The monoisotopic (exact) mass is 220 g/mol. The number of Topliss-reactive ketones (excluding diaryl/α,β-unsaturated/α-hetero) is 1. The second-order valence-electron chi connectivity index (χ2n) is 4.83. The molecule has 0 bridgehead atoms. The summed E-state index contributed by atoms with van der Waals surface area (Å²) in [6, 6.07) is 3.87. The van der Waals surface area contributed by atoms with Crippen LogP contribution in [0.2, 0.25) is 0 Å². The Morgan fingerprint density at radius 3 is 1.88 bits per heavy atom. The van der Waals surface area contributed by atoms with Crippen LogP contribution in [0.3, 0.4) is 0 Å². The SMILES string of the molecule is CC(=O)c1c(C(C)C)ccc(C(C)C)c1O. The second kappa shape index (κ2) is 4.69. The van der Waals surface area contributed by atoms with Gasteiger partial charge in [-0.1, -0.05) is 39.8 Å². The number of carbonyl (C=O) groups excluding carboxylic acids is 1.